The molecule has 1 aromatic carbocycles. The maximum Gasteiger partial charge on any atom is 0.410 e. The summed E-state index contributed by atoms with van der Waals surface area (Å²) >= 11 is 1.24. The fraction of sp³-hybridized carbons (Fsp3) is 0.438. The summed E-state index contributed by atoms with van der Waals surface area (Å²) < 4.78 is 33.4. The van der Waals surface area contributed by atoms with Gasteiger partial charge in [-0.05, 0) is 17.7 Å². The Hall–Kier alpha value is -2.84. The van der Waals surface area contributed by atoms with Crippen LogP contribution in [0.4, 0.5) is 15.6 Å². The van der Waals surface area contributed by atoms with Crippen molar-refractivity contribution >= 4 is 38.4 Å². The number of ether oxygens (including phenoxy) is 1. The van der Waals surface area contributed by atoms with Crippen LogP contribution in [0.5, 0.6) is 0 Å². The van der Waals surface area contributed by atoms with Crippen molar-refractivity contribution in [2.24, 2.45) is 0 Å². The van der Waals surface area contributed by atoms with E-state index in [4.69, 9.17) is 8.92 Å². The minimum absolute atomic E-state index is 0.00526. The van der Waals surface area contributed by atoms with Gasteiger partial charge in [-0.3, -0.25) is 19.2 Å². The van der Waals surface area contributed by atoms with Crippen LogP contribution in [0, 0.1) is 10.1 Å². The van der Waals surface area contributed by atoms with E-state index >= 15 is 0 Å². The fourth-order valence-electron chi connectivity index (χ4n) is 2.96. The number of nitrogens with one attached hydrogen (secondary N) is 1. The zero-order valence-corrected chi connectivity index (χ0v) is 17.7. The first-order valence-electron chi connectivity index (χ1n) is 8.72. The number of non-ortho nitro benzene ring substituents is 1. The minimum atomic E-state index is -3.71. The van der Waals surface area contributed by atoms with Crippen molar-refractivity contribution in [2.45, 2.75) is 25.2 Å². The molecule has 0 bridgehead atoms. The number of nitrogens with zero attached hydrogens (tertiary/aromatic N) is 4. The lowest BCUT2D eigenvalue weighted by Gasteiger charge is -2.21. The predicted octanol–water partition coefficient (Wildman–Crippen LogP) is 1.92. The molecule has 1 fully saturated rings. The summed E-state index contributed by atoms with van der Waals surface area (Å²) in [5, 5.41) is 22.7. The van der Waals surface area contributed by atoms with Gasteiger partial charge in [0, 0.05) is 25.6 Å². The van der Waals surface area contributed by atoms with E-state index in [-0.39, 0.29) is 25.3 Å². The molecule has 0 radical (unpaired) electrons. The number of nitro benzene ring substituents is 1. The van der Waals surface area contributed by atoms with Gasteiger partial charge in [0.25, 0.3) is 15.8 Å². The van der Waals surface area contributed by atoms with Gasteiger partial charge in [0.05, 0.1) is 29.9 Å². The van der Waals surface area contributed by atoms with Crippen LogP contribution in [0.1, 0.15) is 23.0 Å². The number of benzene rings is 1. The van der Waals surface area contributed by atoms with Crippen molar-refractivity contribution < 1.29 is 27.1 Å². The van der Waals surface area contributed by atoms with Crippen LogP contribution < -0.4 is 5.32 Å². The molecule has 162 valence electrons. The normalized spacial score (nSPS) is 18.9. The van der Waals surface area contributed by atoms with Crippen LogP contribution in [0.2, 0.25) is 0 Å². The van der Waals surface area contributed by atoms with Crippen LogP contribution >= 0.6 is 11.3 Å². The Labute approximate surface area is 176 Å². The van der Waals surface area contributed by atoms with Gasteiger partial charge in [-0.2, -0.15) is 8.42 Å². The summed E-state index contributed by atoms with van der Waals surface area (Å²) in [6.45, 7) is -0.0964. The van der Waals surface area contributed by atoms with E-state index in [1.165, 1.54) is 40.5 Å². The van der Waals surface area contributed by atoms with Crippen molar-refractivity contribution in [1.29, 1.82) is 0 Å². The number of amides is 1. The highest BCUT2D eigenvalue weighted by molar-refractivity contribution is 7.86. The van der Waals surface area contributed by atoms with Gasteiger partial charge in [-0.1, -0.05) is 11.3 Å². The zero-order valence-electron chi connectivity index (χ0n) is 16.0. The Morgan fingerprint density at radius 2 is 2.07 bits per heavy atom. The van der Waals surface area contributed by atoms with E-state index in [2.05, 4.69) is 15.5 Å². The molecule has 3 rings (SSSR count). The maximum atomic E-state index is 12.7. The highest BCUT2D eigenvalue weighted by Gasteiger charge is 2.41. The Balaban J connectivity index is 1.71. The van der Waals surface area contributed by atoms with E-state index in [1.54, 1.807) is 7.05 Å². The topological polar surface area (TPSA) is 154 Å². The third kappa shape index (κ3) is 5.40. The highest BCUT2D eigenvalue weighted by Crippen LogP contribution is 2.37. The first-order chi connectivity index (χ1) is 14.2. The first kappa shape index (κ1) is 21.9. The lowest BCUT2D eigenvalue weighted by molar-refractivity contribution is -0.384. The average molecular weight is 457 g/mol. The number of hydrogen-bond acceptors (Lipinski definition) is 11. The molecule has 0 unspecified atom stereocenters. The summed E-state index contributed by atoms with van der Waals surface area (Å²) in [7, 11) is -2.02. The Morgan fingerprint density at radius 1 is 1.37 bits per heavy atom. The minimum Gasteiger partial charge on any atom is -0.445 e. The van der Waals surface area contributed by atoms with E-state index in [9.17, 15) is 23.3 Å². The number of anilines is 1. The van der Waals surface area contributed by atoms with Gasteiger partial charge in [-0.25, -0.2) is 4.79 Å². The number of carbonyl (C=O) groups excluding carboxylic acids is 1. The van der Waals surface area contributed by atoms with Gasteiger partial charge in [0.2, 0.25) is 5.13 Å². The average Bonchev–Trinajstić information content (AvgIpc) is 3.31. The van der Waals surface area contributed by atoms with Gasteiger partial charge >= 0.3 is 6.09 Å². The molecule has 1 aliphatic heterocycles. The molecule has 1 N–H and O–H groups in total. The fourth-order valence-corrected chi connectivity index (χ4v) is 4.42. The molecular weight excluding hydrogens is 438 g/mol. The number of rotatable bonds is 7. The van der Waals surface area contributed by atoms with Crippen LogP contribution in [-0.2, 0) is 25.6 Å². The maximum absolute atomic E-state index is 12.7. The molecule has 1 aromatic heterocycles. The molecule has 30 heavy (non-hydrogen) atoms. The molecule has 1 saturated heterocycles. The molecule has 14 heteroatoms. The molecule has 2 heterocycles. The van der Waals surface area contributed by atoms with Crippen LogP contribution in [0.3, 0.4) is 0 Å². The molecule has 2 aromatic rings. The van der Waals surface area contributed by atoms with Crippen molar-refractivity contribution in [3.63, 3.8) is 0 Å². The summed E-state index contributed by atoms with van der Waals surface area (Å²) in [6.07, 6.45) is -0.252. The third-order valence-corrected chi connectivity index (χ3v) is 5.92. The lowest BCUT2D eigenvalue weighted by Crippen LogP contribution is -2.33. The Morgan fingerprint density at radius 3 is 2.63 bits per heavy atom. The summed E-state index contributed by atoms with van der Waals surface area (Å²) in [6, 6.07) is 5.07. The van der Waals surface area contributed by atoms with Crippen molar-refractivity contribution in [3.8, 4) is 0 Å². The van der Waals surface area contributed by atoms with Crippen molar-refractivity contribution in [3.05, 3.63) is 45.0 Å². The Kier molecular flexibility index (Phi) is 6.48. The lowest BCUT2D eigenvalue weighted by atomic mass is 10.2. The molecule has 2 atom stereocenters. The second-order valence-electron chi connectivity index (χ2n) is 6.50. The number of nitro groups is 1. The number of hydrogen-bond donors (Lipinski definition) is 1. The second-order valence-corrected chi connectivity index (χ2v) is 9.11. The predicted molar refractivity (Wildman–Crippen MR) is 107 cm³/mol. The molecule has 0 spiro atoms. The molecule has 0 aliphatic carbocycles. The first-order valence-corrected chi connectivity index (χ1v) is 11.4. The van der Waals surface area contributed by atoms with Crippen LogP contribution in [0.15, 0.2) is 24.3 Å². The number of aromatic nitrogens is 2. The molecule has 0 saturated carbocycles. The van der Waals surface area contributed by atoms with Gasteiger partial charge in [0.15, 0.2) is 0 Å². The van der Waals surface area contributed by atoms with E-state index < -0.39 is 33.3 Å². The molecular formula is C16H19N5O7S2. The monoisotopic (exact) mass is 457 g/mol. The summed E-state index contributed by atoms with van der Waals surface area (Å²) in [5.41, 5.74) is 0.504. The van der Waals surface area contributed by atoms with Gasteiger partial charge < -0.3 is 10.1 Å². The van der Waals surface area contributed by atoms with Crippen LogP contribution in [0.25, 0.3) is 0 Å². The summed E-state index contributed by atoms with van der Waals surface area (Å²) in [4.78, 5) is 24.2. The third-order valence-electron chi connectivity index (χ3n) is 4.26. The molecule has 12 nitrogen and oxygen atoms in total. The van der Waals surface area contributed by atoms with Crippen molar-refractivity contribution in [1.82, 2.24) is 15.1 Å². The number of carbonyl (C=O) groups is 1. The van der Waals surface area contributed by atoms with E-state index in [0.717, 1.165) is 6.26 Å². The second kappa shape index (κ2) is 8.89. The summed E-state index contributed by atoms with van der Waals surface area (Å²) in [5.74, 6) is 0. The quantitative estimate of drug-likeness (QED) is 0.370. The molecule has 1 amide bonds. The van der Waals surface area contributed by atoms with Crippen LogP contribution in [-0.4, -0.2) is 60.5 Å². The zero-order chi connectivity index (χ0) is 21.9. The van der Waals surface area contributed by atoms with E-state index in [1.807, 2.05) is 0 Å². The number of likely N-dealkylation sites (tertiary alicyclic amines) is 1. The highest BCUT2D eigenvalue weighted by atomic mass is 32.2. The standard InChI is InChI=1S/C16H19N5O7S2/c1-17-15-19-18-14(29-15)13-7-12(28-30(2,25)26)8-20(13)16(22)27-9-10-3-5-11(6-4-10)21(23)24/h3-6,12-13H,7-9H2,1-2H3,(H,17,19)/t12-,13+/m1/s1. The largest absolute Gasteiger partial charge is 0.445 e. The molecule has 1 aliphatic rings. The van der Waals surface area contributed by atoms with Gasteiger partial charge in [-0.15, -0.1) is 10.2 Å². The van der Waals surface area contributed by atoms with E-state index in [0.29, 0.717) is 15.7 Å². The SMILES string of the molecule is CNc1nnc([C@@H]2C[C@@H](OS(C)(=O)=O)CN2C(=O)OCc2ccc([N+](=O)[O-])cc2)s1. The smallest absolute Gasteiger partial charge is 0.410 e. The van der Waals surface area contributed by atoms with Crippen molar-refractivity contribution in [2.75, 3.05) is 25.2 Å². The van der Waals surface area contributed by atoms with Gasteiger partial charge in [0.1, 0.15) is 11.6 Å². The Bertz CT molecular complexity index is 1020.